The SMILES string of the molecule is CCCCNc1c(C#N)cc([N+](=O)[O-])cc1[N+](=O)[O-]. The van der Waals surface area contributed by atoms with E-state index in [0.29, 0.717) is 6.54 Å². The quantitative estimate of drug-likeness (QED) is 0.478. The lowest BCUT2D eigenvalue weighted by molar-refractivity contribution is -0.393. The van der Waals surface area contributed by atoms with Gasteiger partial charge in [-0.2, -0.15) is 5.26 Å². The molecule has 0 aliphatic rings. The van der Waals surface area contributed by atoms with Gasteiger partial charge in [-0.05, 0) is 6.42 Å². The highest BCUT2D eigenvalue weighted by Crippen LogP contribution is 2.32. The molecule has 0 aliphatic carbocycles. The summed E-state index contributed by atoms with van der Waals surface area (Å²) < 4.78 is 0. The smallest absolute Gasteiger partial charge is 0.300 e. The van der Waals surface area contributed by atoms with Crippen LogP contribution in [0.1, 0.15) is 25.3 Å². The van der Waals surface area contributed by atoms with Gasteiger partial charge in [0.25, 0.3) is 5.69 Å². The van der Waals surface area contributed by atoms with E-state index in [0.717, 1.165) is 25.0 Å². The molecule has 1 aromatic rings. The molecule has 0 fully saturated rings. The van der Waals surface area contributed by atoms with Crippen LogP contribution in [0.4, 0.5) is 17.1 Å². The maximum atomic E-state index is 10.9. The number of non-ortho nitro benzene ring substituents is 1. The standard InChI is InChI=1S/C11H12N4O4/c1-2-3-4-13-11-8(7-12)5-9(14(16)17)6-10(11)15(18)19/h5-6,13H,2-4H2,1H3. The molecule has 0 atom stereocenters. The lowest BCUT2D eigenvalue weighted by Gasteiger charge is -2.08. The molecule has 8 nitrogen and oxygen atoms in total. The third-order valence-electron chi connectivity index (χ3n) is 2.46. The second-order valence-electron chi connectivity index (χ2n) is 3.79. The van der Waals surface area contributed by atoms with Crippen LogP contribution in [0, 0.1) is 31.6 Å². The van der Waals surface area contributed by atoms with E-state index in [1.165, 1.54) is 0 Å². The van der Waals surface area contributed by atoms with Crippen molar-refractivity contribution in [2.24, 2.45) is 0 Å². The molecule has 1 N–H and O–H groups in total. The second-order valence-corrected chi connectivity index (χ2v) is 3.79. The molecule has 1 aromatic carbocycles. The van der Waals surface area contributed by atoms with E-state index in [2.05, 4.69) is 5.32 Å². The third-order valence-corrected chi connectivity index (χ3v) is 2.46. The van der Waals surface area contributed by atoms with Crippen LogP contribution in [0.5, 0.6) is 0 Å². The Labute approximate surface area is 109 Å². The fraction of sp³-hybridized carbons (Fsp3) is 0.364. The van der Waals surface area contributed by atoms with Crippen molar-refractivity contribution >= 4 is 17.1 Å². The number of nitriles is 1. The summed E-state index contributed by atoms with van der Waals surface area (Å²) >= 11 is 0. The van der Waals surface area contributed by atoms with Crippen LogP contribution >= 0.6 is 0 Å². The number of nitrogens with zero attached hydrogens (tertiary/aromatic N) is 3. The number of hydrogen-bond acceptors (Lipinski definition) is 6. The van der Waals surface area contributed by atoms with Crippen molar-refractivity contribution in [3.63, 3.8) is 0 Å². The molecule has 0 heterocycles. The van der Waals surface area contributed by atoms with Crippen molar-refractivity contribution < 1.29 is 9.85 Å². The Hall–Kier alpha value is -2.69. The van der Waals surface area contributed by atoms with Crippen LogP contribution in [0.3, 0.4) is 0 Å². The first-order valence-electron chi connectivity index (χ1n) is 5.62. The molecular weight excluding hydrogens is 252 g/mol. The number of anilines is 1. The molecule has 19 heavy (non-hydrogen) atoms. The first kappa shape index (κ1) is 14.4. The number of nitro benzene ring substituents is 2. The van der Waals surface area contributed by atoms with Crippen LogP contribution in [0.15, 0.2) is 12.1 Å². The number of unbranched alkanes of at least 4 members (excludes halogenated alkanes) is 1. The van der Waals surface area contributed by atoms with E-state index in [-0.39, 0.29) is 11.3 Å². The van der Waals surface area contributed by atoms with Crippen molar-refractivity contribution in [3.05, 3.63) is 37.9 Å². The molecule has 0 amide bonds. The number of nitrogens with one attached hydrogen (secondary N) is 1. The number of hydrogen-bond donors (Lipinski definition) is 1. The first-order chi connectivity index (χ1) is 9.01. The largest absolute Gasteiger partial charge is 0.378 e. The zero-order chi connectivity index (χ0) is 14.4. The molecule has 0 aliphatic heterocycles. The van der Waals surface area contributed by atoms with Crippen LogP contribution in [-0.4, -0.2) is 16.4 Å². The molecule has 100 valence electrons. The van der Waals surface area contributed by atoms with E-state index in [9.17, 15) is 20.2 Å². The van der Waals surface area contributed by atoms with E-state index in [1.807, 2.05) is 6.92 Å². The predicted octanol–water partition coefficient (Wildman–Crippen LogP) is 2.59. The Bertz CT molecular complexity index is 550. The Morgan fingerprint density at radius 3 is 2.47 bits per heavy atom. The summed E-state index contributed by atoms with van der Waals surface area (Å²) in [6, 6.07) is 3.63. The molecule has 8 heteroatoms. The van der Waals surface area contributed by atoms with Gasteiger partial charge in [-0.25, -0.2) is 0 Å². The fourth-order valence-electron chi connectivity index (χ4n) is 1.53. The molecular formula is C11H12N4O4. The van der Waals surface area contributed by atoms with Crippen molar-refractivity contribution in [3.8, 4) is 6.07 Å². The summed E-state index contributed by atoms with van der Waals surface area (Å²) in [7, 11) is 0. The number of benzene rings is 1. The minimum absolute atomic E-state index is 0.0338. The zero-order valence-corrected chi connectivity index (χ0v) is 10.3. The maximum absolute atomic E-state index is 10.9. The lowest BCUT2D eigenvalue weighted by Crippen LogP contribution is -2.07. The van der Waals surface area contributed by atoms with Crippen molar-refractivity contribution in [2.45, 2.75) is 19.8 Å². The minimum Gasteiger partial charge on any atom is -0.378 e. The highest BCUT2D eigenvalue weighted by molar-refractivity contribution is 5.73. The van der Waals surface area contributed by atoms with Gasteiger partial charge in [0.1, 0.15) is 11.8 Å². The summed E-state index contributed by atoms with van der Waals surface area (Å²) in [5.41, 5.74) is -0.991. The molecule has 0 radical (unpaired) electrons. The van der Waals surface area contributed by atoms with Gasteiger partial charge in [0, 0.05) is 12.6 Å². The Balaban J connectivity index is 3.29. The fourth-order valence-corrected chi connectivity index (χ4v) is 1.53. The second kappa shape index (κ2) is 6.30. The van der Waals surface area contributed by atoms with E-state index < -0.39 is 21.2 Å². The predicted molar refractivity (Wildman–Crippen MR) is 67.9 cm³/mol. The van der Waals surface area contributed by atoms with Crippen LogP contribution in [0.25, 0.3) is 0 Å². The number of rotatable bonds is 6. The van der Waals surface area contributed by atoms with Gasteiger partial charge in [-0.15, -0.1) is 0 Å². The highest BCUT2D eigenvalue weighted by Gasteiger charge is 2.23. The monoisotopic (exact) mass is 264 g/mol. The highest BCUT2D eigenvalue weighted by atomic mass is 16.6. The summed E-state index contributed by atoms with van der Waals surface area (Å²) in [6.45, 7) is 2.42. The van der Waals surface area contributed by atoms with E-state index >= 15 is 0 Å². The molecule has 0 saturated carbocycles. The summed E-state index contributed by atoms with van der Waals surface area (Å²) in [4.78, 5) is 20.1. The molecule has 0 bridgehead atoms. The summed E-state index contributed by atoms with van der Waals surface area (Å²) in [5, 5.41) is 33.3. The van der Waals surface area contributed by atoms with Crippen molar-refractivity contribution in [1.82, 2.24) is 0 Å². The Morgan fingerprint density at radius 2 is 2.00 bits per heavy atom. The zero-order valence-electron chi connectivity index (χ0n) is 10.3. The van der Waals surface area contributed by atoms with Gasteiger partial charge < -0.3 is 5.32 Å². The summed E-state index contributed by atoms with van der Waals surface area (Å²) in [5.74, 6) is 0. The maximum Gasteiger partial charge on any atom is 0.300 e. The van der Waals surface area contributed by atoms with Gasteiger partial charge in [0.15, 0.2) is 0 Å². The van der Waals surface area contributed by atoms with Crippen molar-refractivity contribution in [1.29, 1.82) is 5.26 Å². The van der Waals surface area contributed by atoms with Gasteiger partial charge in [-0.1, -0.05) is 13.3 Å². The number of nitro groups is 2. The Morgan fingerprint density at radius 1 is 1.32 bits per heavy atom. The Kier molecular flexibility index (Phi) is 4.76. The molecule has 1 rings (SSSR count). The van der Waals surface area contributed by atoms with Gasteiger partial charge >= 0.3 is 5.69 Å². The van der Waals surface area contributed by atoms with Crippen LogP contribution < -0.4 is 5.32 Å². The van der Waals surface area contributed by atoms with Gasteiger partial charge in [0.05, 0.1) is 21.5 Å². The average molecular weight is 264 g/mol. The first-order valence-corrected chi connectivity index (χ1v) is 5.62. The normalized spacial score (nSPS) is 9.68. The minimum atomic E-state index is -0.760. The van der Waals surface area contributed by atoms with Crippen LogP contribution in [0.2, 0.25) is 0 Å². The van der Waals surface area contributed by atoms with Gasteiger partial charge in [-0.3, -0.25) is 20.2 Å². The van der Waals surface area contributed by atoms with Crippen molar-refractivity contribution in [2.75, 3.05) is 11.9 Å². The third kappa shape index (κ3) is 3.38. The van der Waals surface area contributed by atoms with Gasteiger partial charge in [0.2, 0.25) is 0 Å². The molecule has 0 aromatic heterocycles. The molecule has 0 saturated heterocycles. The average Bonchev–Trinajstić information content (AvgIpc) is 2.38. The van der Waals surface area contributed by atoms with E-state index in [1.54, 1.807) is 6.07 Å². The van der Waals surface area contributed by atoms with Crippen LogP contribution in [-0.2, 0) is 0 Å². The van der Waals surface area contributed by atoms with E-state index in [4.69, 9.17) is 5.26 Å². The molecule has 0 spiro atoms. The molecule has 0 unspecified atom stereocenters. The topological polar surface area (TPSA) is 122 Å². The lowest BCUT2D eigenvalue weighted by atomic mass is 10.1. The summed E-state index contributed by atoms with van der Waals surface area (Å²) in [6.07, 6.45) is 1.66.